The number of ether oxygens (including phenoxy) is 1. The molecule has 0 spiro atoms. The van der Waals surface area contributed by atoms with E-state index in [0.29, 0.717) is 13.2 Å². The third-order valence-electron chi connectivity index (χ3n) is 4.30. The van der Waals surface area contributed by atoms with E-state index in [1.165, 1.54) is 16.7 Å². The van der Waals surface area contributed by atoms with Crippen molar-refractivity contribution in [2.75, 3.05) is 13.2 Å². The van der Waals surface area contributed by atoms with Crippen LogP contribution in [0.15, 0.2) is 42.5 Å². The Morgan fingerprint density at radius 3 is 2.29 bits per heavy atom. The Hall–Kier alpha value is -1.51. The van der Waals surface area contributed by atoms with Gasteiger partial charge < -0.3 is 10.5 Å². The third kappa shape index (κ3) is 4.75. The van der Waals surface area contributed by atoms with Crippen LogP contribution in [0, 0.1) is 0 Å². The first kappa shape index (κ1) is 18.8. The maximum atomic E-state index is 6.13. The molecule has 2 N–H and O–H groups in total. The number of hydrogen-bond donors (Lipinski definition) is 1. The predicted molar refractivity (Wildman–Crippen MR) is 103 cm³/mol. The molecule has 2 rings (SSSR count). The molecule has 0 heterocycles. The summed E-state index contributed by atoms with van der Waals surface area (Å²) in [5.41, 5.74) is 9.95. The fourth-order valence-electron chi connectivity index (χ4n) is 2.85. The fraction of sp³-hybridized carbons (Fsp3) is 0.429. The van der Waals surface area contributed by atoms with E-state index < -0.39 is 0 Å². The Balaban J connectivity index is 2.38. The van der Waals surface area contributed by atoms with E-state index in [1.807, 2.05) is 19.1 Å². The van der Waals surface area contributed by atoms with Gasteiger partial charge in [0.2, 0.25) is 0 Å². The van der Waals surface area contributed by atoms with E-state index in [2.05, 4.69) is 51.1 Å². The average molecular weight is 346 g/mol. The first-order valence-electron chi connectivity index (χ1n) is 8.57. The highest BCUT2D eigenvalue weighted by atomic mass is 35.5. The van der Waals surface area contributed by atoms with Crippen molar-refractivity contribution in [2.24, 2.45) is 5.73 Å². The van der Waals surface area contributed by atoms with Crippen molar-refractivity contribution in [3.63, 3.8) is 0 Å². The van der Waals surface area contributed by atoms with Crippen LogP contribution in [0.5, 0.6) is 5.75 Å². The Kier molecular flexibility index (Phi) is 6.31. The van der Waals surface area contributed by atoms with Gasteiger partial charge in [-0.2, -0.15) is 0 Å². The van der Waals surface area contributed by atoms with Gasteiger partial charge in [-0.15, -0.1) is 0 Å². The highest BCUT2D eigenvalue weighted by molar-refractivity contribution is 6.30. The number of hydrogen-bond acceptors (Lipinski definition) is 2. The zero-order valence-electron chi connectivity index (χ0n) is 15.1. The van der Waals surface area contributed by atoms with E-state index in [9.17, 15) is 0 Å². The van der Waals surface area contributed by atoms with Gasteiger partial charge in [0.25, 0.3) is 0 Å². The SMILES string of the molecule is CCOc1ccc(C(C)(C)C)cc1C(CN)Cc1ccc(Cl)cc1. The van der Waals surface area contributed by atoms with Crippen molar-refractivity contribution in [3.8, 4) is 5.75 Å². The van der Waals surface area contributed by atoms with E-state index in [1.54, 1.807) is 0 Å². The second-order valence-corrected chi connectivity index (χ2v) is 7.64. The maximum Gasteiger partial charge on any atom is 0.122 e. The van der Waals surface area contributed by atoms with Gasteiger partial charge in [-0.05, 0) is 60.2 Å². The molecule has 0 fully saturated rings. The lowest BCUT2D eigenvalue weighted by atomic mass is 9.83. The second kappa shape index (κ2) is 8.04. The summed E-state index contributed by atoms with van der Waals surface area (Å²) < 4.78 is 5.87. The summed E-state index contributed by atoms with van der Waals surface area (Å²) in [6.45, 7) is 9.92. The molecule has 0 saturated carbocycles. The van der Waals surface area contributed by atoms with Gasteiger partial charge in [0.15, 0.2) is 0 Å². The number of nitrogens with two attached hydrogens (primary N) is 1. The lowest BCUT2D eigenvalue weighted by Crippen LogP contribution is -2.18. The van der Waals surface area contributed by atoms with Crippen LogP contribution in [0.1, 0.15) is 50.3 Å². The normalized spacial score (nSPS) is 12.9. The summed E-state index contributed by atoms with van der Waals surface area (Å²) in [4.78, 5) is 0. The molecule has 24 heavy (non-hydrogen) atoms. The van der Waals surface area contributed by atoms with Crippen LogP contribution in [0.25, 0.3) is 0 Å². The minimum absolute atomic E-state index is 0.0961. The minimum atomic E-state index is 0.0961. The van der Waals surface area contributed by atoms with Gasteiger partial charge in [-0.1, -0.05) is 56.6 Å². The molecule has 1 unspecified atom stereocenters. The summed E-state index contributed by atoms with van der Waals surface area (Å²) >= 11 is 5.99. The van der Waals surface area contributed by atoms with E-state index in [0.717, 1.165) is 17.2 Å². The Morgan fingerprint density at radius 1 is 1.08 bits per heavy atom. The molecule has 1 atom stereocenters. The third-order valence-corrected chi connectivity index (χ3v) is 4.55. The van der Waals surface area contributed by atoms with Crippen molar-refractivity contribution in [1.82, 2.24) is 0 Å². The molecule has 0 saturated heterocycles. The van der Waals surface area contributed by atoms with Gasteiger partial charge in [-0.25, -0.2) is 0 Å². The highest BCUT2D eigenvalue weighted by Gasteiger charge is 2.20. The summed E-state index contributed by atoms with van der Waals surface area (Å²) in [6, 6.07) is 14.5. The Labute approximate surface area is 151 Å². The molecule has 3 heteroatoms. The van der Waals surface area contributed by atoms with Gasteiger partial charge in [0.1, 0.15) is 5.75 Å². The van der Waals surface area contributed by atoms with Gasteiger partial charge in [0.05, 0.1) is 6.61 Å². The van der Waals surface area contributed by atoms with Crippen molar-refractivity contribution in [3.05, 3.63) is 64.2 Å². The minimum Gasteiger partial charge on any atom is -0.494 e. The lowest BCUT2D eigenvalue weighted by Gasteiger charge is -2.25. The summed E-state index contributed by atoms with van der Waals surface area (Å²) in [5.74, 6) is 1.16. The van der Waals surface area contributed by atoms with E-state index >= 15 is 0 Å². The topological polar surface area (TPSA) is 35.2 Å². The van der Waals surface area contributed by atoms with Crippen LogP contribution in [-0.4, -0.2) is 13.2 Å². The molecule has 130 valence electrons. The molecule has 0 aliphatic carbocycles. The lowest BCUT2D eigenvalue weighted by molar-refractivity contribution is 0.333. The van der Waals surface area contributed by atoms with Crippen molar-refractivity contribution >= 4 is 11.6 Å². The molecule has 0 aliphatic heterocycles. The molecule has 2 aromatic rings. The standard InChI is InChI=1S/C21H28ClNO/c1-5-24-20-11-8-17(21(2,3)4)13-19(20)16(14-23)12-15-6-9-18(22)10-7-15/h6-11,13,16H,5,12,14,23H2,1-4H3. The van der Waals surface area contributed by atoms with Crippen LogP contribution in [0.4, 0.5) is 0 Å². The molecule has 0 radical (unpaired) electrons. The first-order chi connectivity index (χ1) is 11.3. The predicted octanol–water partition coefficient (Wildman–Crippen LogP) is 5.32. The van der Waals surface area contributed by atoms with Crippen molar-refractivity contribution in [1.29, 1.82) is 0 Å². The van der Waals surface area contributed by atoms with Crippen LogP contribution in [-0.2, 0) is 11.8 Å². The van der Waals surface area contributed by atoms with Crippen molar-refractivity contribution < 1.29 is 4.74 Å². The van der Waals surface area contributed by atoms with Gasteiger partial charge in [-0.3, -0.25) is 0 Å². The maximum absolute atomic E-state index is 6.13. The molecule has 2 aromatic carbocycles. The molecular weight excluding hydrogens is 318 g/mol. The molecule has 0 aromatic heterocycles. The number of halogens is 1. The fourth-order valence-corrected chi connectivity index (χ4v) is 2.97. The van der Waals surface area contributed by atoms with E-state index in [-0.39, 0.29) is 11.3 Å². The van der Waals surface area contributed by atoms with Crippen molar-refractivity contribution in [2.45, 2.75) is 45.4 Å². The Bertz CT molecular complexity index is 659. The van der Waals surface area contributed by atoms with Gasteiger partial charge >= 0.3 is 0 Å². The first-order valence-corrected chi connectivity index (χ1v) is 8.94. The molecule has 0 bridgehead atoms. The zero-order chi connectivity index (χ0) is 17.7. The summed E-state index contributed by atoms with van der Waals surface area (Å²) in [5, 5.41) is 0.757. The monoisotopic (exact) mass is 345 g/mol. The average Bonchev–Trinajstić information content (AvgIpc) is 2.54. The highest BCUT2D eigenvalue weighted by Crippen LogP contribution is 2.34. The Morgan fingerprint density at radius 2 is 1.75 bits per heavy atom. The summed E-state index contributed by atoms with van der Waals surface area (Å²) in [6.07, 6.45) is 0.876. The zero-order valence-corrected chi connectivity index (χ0v) is 15.9. The van der Waals surface area contributed by atoms with Gasteiger partial charge in [0, 0.05) is 10.9 Å². The molecule has 0 aliphatic rings. The molecular formula is C21H28ClNO. The largest absolute Gasteiger partial charge is 0.494 e. The van der Waals surface area contributed by atoms with E-state index in [4.69, 9.17) is 22.1 Å². The smallest absolute Gasteiger partial charge is 0.122 e. The van der Waals surface area contributed by atoms with Crippen LogP contribution in [0.3, 0.4) is 0 Å². The van der Waals surface area contributed by atoms with Crippen LogP contribution >= 0.6 is 11.6 Å². The van der Waals surface area contributed by atoms with Crippen LogP contribution in [0.2, 0.25) is 5.02 Å². The number of benzene rings is 2. The van der Waals surface area contributed by atoms with Crippen LogP contribution < -0.4 is 10.5 Å². The summed E-state index contributed by atoms with van der Waals surface area (Å²) in [7, 11) is 0. The quantitative estimate of drug-likeness (QED) is 0.768. The number of rotatable bonds is 6. The second-order valence-electron chi connectivity index (χ2n) is 7.20. The molecule has 0 amide bonds. The molecule has 2 nitrogen and oxygen atoms in total.